The first kappa shape index (κ1) is 33.2. The standard InChI is InChI=1S/C31H42O9/c1-21(2)27(37-39-30(7,8)25-17-13-11-14-18-25)33-23(5)35-29(32)36-24(6)34-28(22(3)4)38-40-31(9,10)26-19-15-12-16-20-26/h11-20,23-24,27-28H,1,3H2,2,4-10H3. The van der Waals surface area contributed by atoms with Crippen molar-refractivity contribution in [3.05, 3.63) is 96.1 Å². The summed E-state index contributed by atoms with van der Waals surface area (Å²) in [5.74, 6) is 0. The van der Waals surface area contributed by atoms with E-state index < -0.39 is 42.5 Å². The zero-order chi connectivity index (χ0) is 29.9. The van der Waals surface area contributed by atoms with Crippen LogP contribution in [0.25, 0.3) is 0 Å². The van der Waals surface area contributed by atoms with Crippen molar-refractivity contribution in [2.45, 2.75) is 91.8 Å². The summed E-state index contributed by atoms with van der Waals surface area (Å²) in [5.41, 5.74) is 1.28. The minimum atomic E-state index is -1.06. The highest BCUT2D eigenvalue weighted by Crippen LogP contribution is 2.27. The molecule has 2 aromatic carbocycles. The summed E-state index contributed by atoms with van der Waals surface area (Å²) in [6, 6.07) is 19.1. The van der Waals surface area contributed by atoms with Crippen LogP contribution in [0, 0.1) is 0 Å². The lowest BCUT2D eigenvalue weighted by Crippen LogP contribution is -2.33. The largest absolute Gasteiger partial charge is 0.512 e. The predicted molar refractivity (Wildman–Crippen MR) is 149 cm³/mol. The van der Waals surface area contributed by atoms with Crippen LogP contribution >= 0.6 is 0 Å². The van der Waals surface area contributed by atoms with Crippen LogP contribution < -0.4 is 0 Å². The lowest BCUT2D eigenvalue weighted by Gasteiger charge is -2.29. The Morgan fingerprint density at radius 1 is 0.650 bits per heavy atom. The van der Waals surface area contributed by atoms with E-state index in [-0.39, 0.29) is 0 Å². The van der Waals surface area contributed by atoms with Gasteiger partial charge in [0, 0.05) is 0 Å². The third kappa shape index (κ3) is 10.8. The molecule has 0 bridgehead atoms. The minimum absolute atomic E-state index is 0.504. The van der Waals surface area contributed by atoms with E-state index in [9.17, 15) is 4.79 Å². The quantitative estimate of drug-likeness (QED) is 0.0685. The third-order valence-corrected chi connectivity index (χ3v) is 5.59. The molecule has 220 valence electrons. The average molecular weight is 559 g/mol. The predicted octanol–water partition coefficient (Wildman–Crippen LogP) is 7.44. The molecule has 0 fully saturated rings. The van der Waals surface area contributed by atoms with Gasteiger partial charge in [0.15, 0.2) is 0 Å². The van der Waals surface area contributed by atoms with E-state index in [0.717, 1.165) is 11.1 Å². The first-order chi connectivity index (χ1) is 18.7. The van der Waals surface area contributed by atoms with Crippen molar-refractivity contribution in [1.82, 2.24) is 0 Å². The maximum atomic E-state index is 12.4. The first-order valence-corrected chi connectivity index (χ1v) is 13.0. The second-order valence-corrected chi connectivity index (χ2v) is 10.4. The van der Waals surface area contributed by atoms with E-state index in [1.807, 2.05) is 88.4 Å². The molecule has 0 aliphatic heterocycles. The van der Waals surface area contributed by atoms with E-state index in [0.29, 0.717) is 11.1 Å². The fourth-order valence-corrected chi connectivity index (χ4v) is 3.25. The molecule has 0 aliphatic rings. The summed E-state index contributed by atoms with van der Waals surface area (Å²) in [6.07, 6.45) is -5.17. The molecule has 9 nitrogen and oxygen atoms in total. The van der Waals surface area contributed by atoms with Crippen molar-refractivity contribution >= 4 is 6.16 Å². The maximum Gasteiger partial charge on any atom is 0.512 e. The van der Waals surface area contributed by atoms with Gasteiger partial charge in [0.1, 0.15) is 11.2 Å². The van der Waals surface area contributed by atoms with Gasteiger partial charge in [0.2, 0.25) is 25.2 Å². The van der Waals surface area contributed by atoms with E-state index in [2.05, 4.69) is 13.2 Å². The number of hydrogen-bond acceptors (Lipinski definition) is 9. The molecular weight excluding hydrogens is 516 g/mol. The van der Waals surface area contributed by atoms with Crippen molar-refractivity contribution in [2.75, 3.05) is 0 Å². The zero-order valence-electron chi connectivity index (χ0n) is 24.7. The molecule has 0 saturated heterocycles. The lowest BCUT2D eigenvalue weighted by atomic mass is 9.99. The molecule has 0 heterocycles. The van der Waals surface area contributed by atoms with Gasteiger partial charge >= 0.3 is 6.16 Å². The van der Waals surface area contributed by atoms with Crippen molar-refractivity contribution < 1.29 is 43.3 Å². The first-order valence-electron chi connectivity index (χ1n) is 13.0. The van der Waals surface area contributed by atoms with Crippen LogP contribution in [-0.2, 0) is 49.7 Å². The van der Waals surface area contributed by atoms with Crippen LogP contribution in [0.5, 0.6) is 0 Å². The van der Waals surface area contributed by atoms with Crippen molar-refractivity contribution in [1.29, 1.82) is 0 Å². The van der Waals surface area contributed by atoms with Crippen LogP contribution in [-0.4, -0.2) is 31.3 Å². The molecule has 2 aromatic rings. The smallest absolute Gasteiger partial charge is 0.404 e. The molecule has 9 heteroatoms. The average Bonchev–Trinajstić information content (AvgIpc) is 2.89. The molecule has 0 spiro atoms. The van der Waals surface area contributed by atoms with Crippen LogP contribution in [0.2, 0.25) is 0 Å². The molecule has 0 radical (unpaired) electrons. The van der Waals surface area contributed by atoms with Crippen molar-refractivity contribution in [3.8, 4) is 0 Å². The van der Waals surface area contributed by atoms with Gasteiger partial charge in [-0.25, -0.2) is 14.6 Å². The Balaban J connectivity index is 1.85. The minimum Gasteiger partial charge on any atom is -0.404 e. The fourth-order valence-electron chi connectivity index (χ4n) is 3.25. The molecule has 4 unspecified atom stereocenters. The molecule has 0 amide bonds. The molecule has 0 N–H and O–H groups in total. The summed E-state index contributed by atoms with van der Waals surface area (Å²) in [6.45, 7) is 21.5. The SMILES string of the molecule is C=C(C)C(OOC(C)(C)c1ccccc1)OC(C)OC(=O)OC(C)OC(OOC(C)(C)c1ccccc1)C(=C)C. The third-order valence-electron chi connectivity index (χ3n) is 5.59. The van der Waals surface area contributed by atoms with E-state index >= 15 is 0 Å². The monoisotopic (exact) mass is 558 g/mol. The molecule has 2 rings (SSSR count). The van der Waals surface area contributed by atoms with Crippen LogP contribution in [0.3, 0.4) is 0 Å². The van der Waals surface area contributed by atoms with Gasteiger partial charge in [0.05, 0.1) is 0 Å². The summed E-state index contributed by atoms with van der Waals surface area (Å²) in [5, 5.41) is 0. The lowest BCUT2D eigenvalue weighted by molar-refractivity contribution is -0.428. The summed E-state index contributed by atoms with van der Waals surface area (Å²) >= 11 is 0. The summed E-state index contributed by atoms with van der Waals surface area (Å²) < 4.78 is 21.7. The number of hydrogen-bond donors (Lipinski definition) is 0. The Morgan fingerprint density at radius 3 is 1.27 bits per heavy atom. The van der Waals surface area contributed by atoms with Crippen LogP contribution in [0.15, 0.2) is 85.0 Å². The fraction of sp³-hybridized carbons (Fsp3) is 0.452. The highest BCUT2D eigenvalue weighted by Gasteiger charge is 2.29. The van der Waals surface area contributed by atoms with E-state index in [4.69, 9.17) is 38.5 Å². The van der Waals surface area contributed by atoms with Crippen molar-refractivity contribution in [2.24, 2.45) is 0 Å². The molecule has 40 heavy (non-hydrogen) atoms. The number of carbonyl (C=O) groups is 1. The molecule has 4 atom stereocenters. The molecular formula is C31H42O9. The van der Waals surface area contributed by atoms with Gasteiger partial charge in [0.25, 0.3) is 0 Å². The van der Waals surface area contributed by atoms with Gasteiger partial charge in [-0.15, -0.1) is 0 Å². The van der Waals surface area contributed by atoms with Gasteiger partial charge in [-0.2, -0.15) is 9.78 Å². The number of rotatable bonds is 16. The number of carbonyl (C=O) groups excluding carboxylic acids is 1. The molecule has 0 aromatic heterocycles. The number of benzene rings is 2. The number of ether oxygens (including phenoxy) is 4. The Morgan fingerprint density at radius 2 is 0.975 bits per heavy atom. The van der Waals surface area contributed by atoms with Crippen molar-refractivity contribution in [3.63, 3.8) is 0 Å². The Kier molecular flexibility index (Phi) is 12.5. The van der Waals surface area contributed by atoms with Gasteiger partial charge in [-0.05, 0) is 77.7 Å². The Bertz CT molecular complexity index is 997. The summed E-state index contributed by atoms with van der Waals surface area (Å²) in [7, 11) is 0. The maximum absolute atomic E-state index is 12.4. The highest BCUT2D eigenvalue weighted by molar-refractivity contribution is 5.60. The Labute approximate surface area is 237 Å². The Hall–Kier alpha value is -3.05. The van der Waals surface area contributed by atoms with E-state index in [1.54, 1.807) is 13.8 Å². The second-order valence-electron chi connectivity index (χ2n) is 10.4. The molecule has 0 aliphatic carbocycles. The van der Waals surface area contributed by atoms with Crippen LogP contribution in [0.4, 0.5) is 4.79 Å². The molecule has 0 saturated carbocycles. The zero-order valence-corrected chi connectivity index (χ0v) is 24.7. The van der Waals surface area contributed by atoms with Gasteiger partial charge < -0.3 is 18.9 Å². The highest BCUT2D eigenvalue weighted by atomic mass is 17.2. The van der Waals surface area contributed by atoms with Crippen LogP contribution in [0.1, 0.15) is 66.5 Å². The van der Waals surface area contributed by atoms with Gasteiger partial charge in [-0.3, -0.25) is 0 Å². The van der Waals surface area contributed by atoms with Gasteiger partial charge in [-0.1, -0.05) is 73.8 Å². The second kappa shape index (κ2) is 15.1. The summed E-state index contributed by atoms with van der Waals surface area (Å²) in [4.78, 5) is 34.7. The normalized spacial score (nSPS) is 15.0. The topological polar surface area (TPSA) is 90.9 Å². The van der Waals surface area contributed by atoms with E-state index in [1.165, 1.54) is 13.8 Å².